The van der Waals surface area contributed by atoms with Gasteiger partial charge in [-0.2, -0.15) is 0 Å². The quantitative estimate of drug-likeness (QED) is 0.586. The lowest BCUT2D eigenvalue weighted by Gasteiger charge is -2.21. The second-order valence-corrected chi connectivity index (χ2v) is 8.80. The summed E-state index contributed by atoms with van der Waals surface area (Å²) in [6.45, 7) is 6.23. The van der Waals surface area contributed by atoms with E-state index in [1.165, 1.54) is 12.8 Å². The van der Waals surface area contributed by atoms with Gasteiger partial charge < -0.3 is 24.5 Å². The van der Waals surface area contributed by atoms with Crippen molar-refractivity contribution in [2.75, 3.05) is 13.1 Å². The summed E-state index contributed by atoms with van der Waals surface area (Å²) in [6, 6.07) is 11.6. The molecular formula is C25H30N2O4. The minimum Gasteiger partial charge on any atom is -0.489 e. The topological polar surface area (TPSA) is 72.7 Å². The summed E-state index contributed by atoms with van der Waals surface area (Å²) in [6.07, 6.45) is 4.70. The lowest BCUT2D eigenvalue weighted by Crippen LogP contribution is -2.36. The van der Waals surface area contributed by atoms with E-state index in [9.17, 15) is 4.79 Å². The Hall–Kier alpha value is -2.57. The van der Waals surface area contributed by atoms with Crippen molar-refractivity contribution in [2.24, 2.45) is 0 Å². The van der Waals surface area contributed by atoms with E-state index >= 15 is 0 Å². The average Bonchev–Trinajstić information content (AvgIpc) is 3.48. The molecule has 5 rings (SSSR count). The molecule has 164 valence electrons. The summed E-state index contributed by atoms with van der Waals surface area (Å²) in [5, 5.41) is 8.06. The summed E-state index contributed by atoms with van der Waals surface area (Å²) < 4.78 is 18.4. The average molecular weight is 423 g/mol. The first-order valence-corrected chi connectivity index (χ1v) is 11.4. The Morgan fingerprint density at radius 2 is 1.32 bits per heavy atom. The molecule has 0 radical (unpaired) electrons. The van der Waals surface area contributed by atoms with Gasteiger partial charge in [0.1, 0.15) is 34.9 Å². The van der Waals surface area contributed by atoms with Crippen molar-refractivity contribution in [1.29, 1.82) is 0 Å². The molecule has 6 nitrogen and oxygen atoms in total. The molecule has 3 aromatic rings. The van der Waals surface area contributed by atoms with Crippen LogP contribution in [0.3, 0.4) is 0 Å². The molecule has 3 heterocycles. The van der Waals surface area contributed by atoms with Crippen LogP contribution in [0.15, 0.2) is 45.6 Å². The molecule has 0 bridgehead atoms. The lowest BCUT2D eigenvalue weighted by molar-refractivity contribution is 0.180. The van der Waals surface area contributed by atoms with E-state index in [0.717, 1.165) is 25.9 Å². The number of fused-ring (bicyclic) bond motifs is 2. The maximum absolute atomic E-state index is 13.0. The van der Waals surface area contributed by atoms with Crippen LogP contribution in [0.5, 0.6) is 11.5 Å². The van der Waals surface area contributed by atoms with Gasteiger partial charge >= 0.3 is 0 Å². The van der Waals surface area contributed by atoms with Gasteiger partial charge in [0.25, 0.3) is 0 Å². The van der Waals surface area contributed by atoms with E-state index < -0.39 is 0 Å². The molecule has 0 aliphatic carbocycles. The zero-order valence-corrected chi connectivity index (χ0v) is 18.1. The van der Waals surface area contributed by atoms with Crippen LogP contribution in [0.25, 0.3) is 21.9 Å². The molecule has 0 spiro atoms. The van der Waals surface area contributed by atoms with E-state index in [0.29, 0.717) is 45.5 Å². The number of rotatable bonds is 6. The SMILES string of the molecule is CC(Oc1ccc2c(=O)c3ccc(OC(C)C4CCCN4)cc3oc2c1)C1CCCN1. The van der Waals surface area contributed by atoms with Gasteiger partial charge in [-0.15, -0.1) is 0 Å². The standard InChI is InChI=1S/C25H30N2O4/c1-15(21-5-3-11-26-21)29-17-7-9-19-23(13-17)31-24-14-18(8-10-20(24)25(19)28)30-16(2)22-6-4-12-27-22/h7-10,13-16,21-22,26-27H,3-6,11-12H2,1-2H3. The largest absolute Gasteiger partial charge is 0.489 e. The van der Waals surface area contributed by atoms with Crippen LogP contribution >= 0.6 is 0 Å². The Labute approximate surface area is 181 Å². The summed E-state index contributed by atoms with van der Waals surface area (Å²) >= 11 is 0. The summed E-state index contributed by atoms with van der Waals surface area (Å²) in [5.41, 5.74) is 1.03. The third-order valence-corrected chi connectivity index (χ3v) is 6.59. The highest BCUT2D eigenvalue weighted by Crippen LogP contribution is 2.27. The molecule has 2 saturated heterocycles. The number of nitrogens with one attached hydrogen (secondary N) is 2. The van der Waals surface area contributed by atoms with Crippen LogP contribution in [0.1, 0.15) is 39.5 Å². The van der Waals surface area contributed by atoms with Crippen LogP contribution in [0, 0.1) is 0 Å². The number of ether oxygens (including phenoxy) is 2. The number of hydrogen-bond donors (Lipinski definition) is 2. The molecule has 1 aromatic heterocycles. The molecule has 2 aliphatic rings. The van der Waals surface area contributed by atoms with Gasteiger partial charge in [0, 0.05) is 24.2 Å². The highest BCUT2D eigenvalue weighted by molar-refractivity contribution is 5.90. The van der Waals surface area contributed by atoms with Crippen molar-refractivity contribution in [3.05, 3.63) is 46.6 Å². The predicted molar refractivity (Wildman–Crippen MR) is 122 cm³/mol. The Morgan fingerprint density at radius 3 is 1.74 bits per heavy atom. The number of hydrogen-bond acceptors (Lipinski definition) is 6. The Bertz CT molecular complexity index is 1040. The fourth-order valence-electron chi connectivity index (χ4n) is 4.78. The smallest absolute Gasteiger partial charge is 0.200 e. The van der Waals surface area contributed by atoms with E-state index in [1.54, 1.807) is 12.1 Å². The normalized spacial score (nSPS) is 23.3. The van der Waals surface area contributed by atoms with E-state index in [2.05, 4.69) is 24.5 Å². The molecule has 2 aromatic carbocycles. The molecule has 2 fully saturated rings. The first kappa shape index (κ1) is 20.3. The highest BCUT2D eigenvalue weighted by atomic mass is 16.5. The van der Waals surface area contributed by atoms with Crippen LogP contribution in [-0.2, 0) is 0 Å². The van der Waals surface area contributed by atoms with Gasteiger partial charge in [-0.3, -0.25) is 4.79 Å². The van der Waals surface area contributed by atoms with Gasteiger partial charge in [0.15, 0.2) is 0 Å². The zero-order chi connectivity index (χ0) is 21.4. The molecule has 4 atom stereocenters. The molecule has 31 heavy (non-hydrogen) atoms. The molecular weight excluding hydrogens is 392 g/mol. The third kappa shape index (κ3) is 4.14. The van der Waals surface area contributed by atoms with Crippen molar-refractivity contribution in [3.63, 3.8) is 0 Å². The van der Waals surface area contributed by atoms with E-state index in [-0.39, 0.29) is 17.6 Å². The molecule has 2 aliphatic heterocycles. The summed E-state index contributed by atoms with van der Waals surface area (Å²) in [5.74, 6) is 1.43. The molecule has 4 unspecified atom stereocenters. The van der Waals surface area contributed by atoms with Crippen LogP contribution in [0.2, 0.25) is 0 Å². The van der Waals surface area contributed by atoms with Crippen LogP contribution < -0.4 is 25.5 Å². The maximum atomic E-state index is 13.0. The fourth-order valence-corrected chi connectivity index (χ4v) is 4.78. The second-order valence-electron chi connectivity index (χ2n) is 8.80. The minimum absolute atomic E-state index is 0.0367. The monoisotopic (exact) mass is 422 g/mol. The van der Waals surface area contributed by atoms with Gasteiger partial charge in [-0.1, -0.05) is 0 Å². The lowest BCUT2D eigenvalue weighted by atomic mass is 10.1. The summed E-state index contributed by atoms with van der Waals surface area (Å²) in [4.78, 5) is 13.0. The fraction of sp³-hybridized carbons (Fsp3) is 0.480. The Morgan fingerprint density at radius 1 is 0.839 bits per heavy atom. The van der Waals surface area contributed by atoms with Crippen LogP contribution in [-0.4, -0.2) is 37.4 Å². The maximum Gasteiger partial charge on any atom is 0.200 e. The minimum atomic E-state index is -0.0367. The third-order valence-electron chi connectivity index (χ3n) is 6.59. The van der Waals surface area contributed by atoms with Crippen molar-refractivity contribution >= 4 is 21.9 Å². The van der Waals surface area contributed by atoms with Crippen molar-refractivity contribution in [3.8, 4) is 11.5 Å². The first-order valence-electron chi connectivity index (χ1n) is 11.4. The highest BCUT2D eigenvalue weighted by Gasteiger charge is 2.23. The Balaban J connectivity index is 1.43. The zero-order valence-electron chi connectivity index (χ0n) is 18.1. The van der Waals surface area contributed by atoms with Crippen molar-refractivity contribution in [2.45, 2.75) is 63.8 Å². The first-order chi connectivity index (χ1) is 15.1. The van der Waals surface area contributed by atoms with E-state index in [4.69, 9.17) is 13.9 Å². The molecule has 0 saturated carbocycles. The van der Waals surface area contributed by atoms with E-state index in [1.807, 2.05) is 24.3 Å². The van der Waals surface area contributed by atoms with Gasteiger partial charge in [-0.05, 0) is 76.9 Å². The van der Waals surface area contributed by atoms with Crippen molar-refractivity contribution in [1.82, 2.24) is 10.6 Å². The summed E-state index contributed by atoms with van der Waals surface area (Å²) in [7, 11) is 0. The number of benzene rings is 2. The predicted octanol–water partition coefficient (Wildman–Crippen LogP) is 3.98. The second kappa shape index (κ2) is 8.52. The van der Waals surface area contributed by atoms with Gasteiger partial charge in [0.05, 0.1) is 10.8 Å². The van der Waals surface area contributed by atoms with Gasteiger partial charge in [0.2, 0.25) is 5.43 Å². The molecule has 0 amide bonds. The van der Waals surface area contributed by atoms with Gasteiger partial charge in [-0.25, -0.2) is 0 Å². The Kier molecular flexibility index (Phi) is 5.59. The molecule has 2 N–H and O–H groups in total. The van der Waals surface area contributed by atoms with Crippen LogP contribution in [0.4, 0.5) is 0 Å². The molecule has 6 heteroatoms. The van der Waals surface area contributed by atoms with Crippen molar-refractivity contribution < 1.29 is 13.9 Å².